The van der Waals surface area contributed by atoms with Crippen molar-refractivity contribution in [3.8, 4) is 5.75 Å². The summed E-state index contributed by atoms with van der Waals surface area (Å²) in [5.41, 5.74) is 1.74. The third kappa shape index (κ3) is 5.21. The summed E-state index contributed by atoms with van der Waals surface area (Å²) in [6.07, 6.45) is 4.24. The molecule has 0 atom stereocenters. The van der Waals surface area contributed by atoms with Crippen LogP contribution in [0.1, 0.15) is 15.9 Å². The molecule has 0 bridgehead atoms. The van der Waals surface area contributed by atoms with Gasteiger partial charge in [-0.1, -0.05) is 12.1 Å². The topological polar surface area (TPSA) is 72.5 Å². The molecule has 2 aromatic rings. The smallest absolute Gasteiger partial charge is 0.229 e. The lowest BCUT2D eigenvalue weighted by molar-refractivity contribution is 0.104. The Balaban J connectivity index is 2.10. The maximum absolute atomic E-state index is 12.2. The maximum Gasteiger partial charge on any atom is 0.229 e. The number of ketones is 1. The molecule has 0 saturated heterocycles. The molecule has 2 rings (SSSR count). The molecular formula is C17H16BrNO4S. The fraction of sp³-hybridized carbons (Fsp3) is 0.118. The number of carbonyl (C=O) groups excluding carboxylic acids is 1. The highest BCUT2D eigenvalue weighted by atomic mass is 79.9. The number of carbonyl (C=O) groups is 1. The molecule has 126 valence electrons. The van der Waals surface area contributed by atoms with Gasteiger partial charge < -0.3 is 4.74 Å². The molecule has 1 N–H and O–H groups in total. The van der Waals surface area contributed by atoms with Gasteiger partial charge in [0, 0.05) is 11.3 Å². The SMILES string of the molecule is COc1ccc(/C=C/C(=O)c2ccc(NS(C)(=O)=O)cc2)cc1Br. The van der Waals surface area contributed by atoms with Crippen LogP contribution in [0, 0.1) is 0 Å². The summed E-state index contributed by atoms with van der Waals surface area (Å²) in [4.78, 5) is 12.2. The number of allylic oxidation sites excluding steroid dienone is 1. The first kappa shape index (κ1) is 18.2. The predicted molar refractivity (Wildman–Crippen MR) is 99.0 cm³/mol. The van der Waals surface area contributed by atoms with Gasteiger partial charge in [0.2, 0.25) is 10.0 Å². The fourth-order valence-corrected chi connectivity index (χ4v) is 3.09. The van der Waals surface area contributed by atoms with Crippen LogP contribution in [0.4, 0.5) is 5.69 Å². The van der Waals surface area contributed by atoms with E-state index in [1.807, 2.05) is 12.1 Å². The lowest BCUT2D eigenvalue weighted by Crippen LogP contribution is -2.09. The normalized spacial score (nSPS) is 11.5. The zero-order chi connectivity index (χ0) is 17.7. The van der Waals surface area contributed by atoms with Gasteiger partial charge in [0.05, 0.1) is 17.8 Å². The average Bonchev–Trinajstić information content (AvgIpc) is 2.52. The van der Waals surface area contributed by atoms with E-state index < -0.39 is 10.0 Å². The van der Waals surface area contributed by atoms with Gasteiger partial charge in [0.25, 0.3) is 0 Å². The van der Waals surface area contributed by atoms with Crippen LogP contribution < -0.4 is 9.46 Å². The van der Waals surface area contributed by atoms with Gasteiger partial charge in [-0.3, -0.25) is 9.52 Å². The van der Waals surface area contributed by atoms with Crippen LogP contribution in [0.25, 0.3) is 6.08 Å². The number of hydrogen-bond acceptors (Lipinski definition) is 4. The van der Waals surface area contributed by atoms with E-state index in [2.05, 4.69) is 20.7 Å². The molecule has 24 heavy (non-hydrogen) atoms. The second-order valence-corrected chi connectivity index (χ2v) is 7.65. The van der Waals surface area contributed by atoms with Crippen molar-refractivity contribution in [2.24, 2.45) is 0 Å². The number of ether oxygens (including phenoxy) is 1. The molecule has 0 heterocycles. The van der Waals surface area contributed by atoms with Crippen LogP contribution in [0.3, 0.4) is 0 Å². The largest absolute Gasteiger partial charge is 0.496 e. The van der Waals surface area contributed by atoms with Crippen molar-refractivity contribution in [1.82, 2.24) is 0 Å². The van der Waals surface area contributed by atoms with E-state index in [0.717, 1.165) is 16.3 Å². The Hall–Kier alpha value is -2.12. The summed E-state index contributed by atoms with van der Waals surface area (Å²) in [6.45, 7) is 0. The maximum atomic E-state index is 12.2. The molecule has 0 aliphatic rings. The van der Waals surface area contributed by atoms with Crippen molar-refractivity contribution in [1.29, 1.82) is 0 Å². The highest BCUT2D eigenvalue weighted by molar-refractivity contribution is 9.10. The minimum Gasteiger partial charge on any atom is -0.496 e. The second-order valence-electron chi connectivity index (χ2n) is 5.04. The molecule has 0 unspecified atom stereocenters. The molecule has 0 saturated carbocycles. The number of halogens is 1. The lowest BCUT2D eigenvalue weighted by atomic mass is 10.1. The molecule has 7 heteroatoms. The Labute approximate surface area is 149 Å². The predicted octanol–water partition coefficient (Wildman–Crippen LogP) is 3.73. The van der Waals surface area contributed by atoms with Crippen molar-refractivity contribution in [3.05, 3.63) is 64.1 Å². The molecule has 5 nitrogen and oxygen atoms in total. The van der Waals surface area contributed by atoms with Crippen LogP contribution in [0.15, 0.2) is 53.0 Å². The third-order valence-corrected chi connectivity index (χ3v) is 4.30. The van der Waals surface area contributed by atoms with Crippen molar-refractivity contribution in [3.63, 3.8) is 0 Å². The highest BCUT2D eigenvalue weighted by Crippen LogP contribution is 2.26. The number of benzene rings is 2. The van der Waals surface area contributed by atoms with Crippen molar-refractivity contribution < 1.29 is 17.9 Å². The summed E-state index contributed by atoms with van der Waals surface area (Å²) < 4.78 is 30.6. The molecule has 2 aromatic carbocycles. The van der Waals surface area contributed by atoms with Gasteiger partial charge in [-0.15, -0.1) is 0 Å². The summed E-state index contributed by atoms with van der Waals surface area (Å²) in [5, 5.41) is 0. The first-order valence-electron chi connectivity index (χ1n) is 6.92. The number of sulfonamides is 1. The quantitative estimate of drug-likeness (QED) is 0.582. The summed E-state index contributed by atoms with van der Waals surface area (Å²) >= 11 is 3.39. The monoisotopic (exact) mass is 409 g/mol. The van der Waals surface area contributed by atoms with Crippen molar-refractivity contribution in [2.45, 2.75) is 0 Å². The number of nitrogens with one attached hydrogen (secondary N) is 1. The zero-order valence-electron chi connectivity index (χ0n) is 13.1. The molecule has 0 aliphatic heterocycles. The molecule has 0 fully saturated rings. The molecule has 0 amide bonds. The summed E-state index contributed by atoms with van der Waals surface area (Å²) in [7, 11) is -1.75. The van der Waals surface area contributed by atoms with E-state index in [9.17, 15) is 13.2 Å². The Morgan fingerprint density at radius 3 is 2.38 bits per heavy atom. The van der Waals surface area contributed by atoms with E-state index in [1.165, 1.54) is 6.08 Å². The number of anilines is 1. The standard InChI is InChI=1S/C17H16BrNO4S/c1-23-17-10-4-12(11-15(17)18)3-9-16(20)13-5-7-14(8-6-13)19-24(2,21)22/h3-11,19H,1-2H3/b9-3+. The van der Waals surface area contributed by atoms with E-state index in [4.69, 9.17) is 4.74 Å². The van der Waals surface area contributed by atoms with Crippen LogP contribution in [-0.2, 0) is 10.0 Å². The fourth-order valence-electron chi connectivity index (χ4n) is 1.97. The van der Waals surface area contributed by atoms with Crippen LogP contribution >= 0.6 is 15.9 Å². The Morgan fingerprint density at radius 2 is 1.83 bits per heavy atom. The Morgan fingerprint density at radius 1 is 1.17 bits per heavy atom. The van der Waals surface area contributed by atoms with Gasteiger partial charge in [-0.25, -0.2) is 8.42 Å². The van der Waals surface area contributed by atoms with Crippen molar-refractivity contribution in [2.75, 3.05) is 18.1 Å². The van der Waals surface area contributed by atoms with Gasteiger partial charge in [-0.05, 0) is 64.0 Å². The van der Waals surface area contributed by atoms with Gasteiger partial charge in [-0.2, -0.15) is 0 Å². The van der Waals surface area contributed by atoms with Crippen molar-refractivity contribution >= 4 is 43.5 Å². The van der Waals surface area contributed by atoms with E-state index in [-0.39, 0.29) is 5.78 Å². The molecule has 0 radical (unpaired) electrons. The number of hydrogen-bond donors (Lipinski definition) is 1. The molecule has 0 aliphatic carbocycles. The van der Waals surface area contributed by atoms with Gasteiger partial charge >= 0.3 is 0 Å². The lowest BCUT2D eigenvalue weighted by Gasteiger charge is -2.04. The second kappa shape index (κ2) is 7.63. The minimum absolute atomic E-state index is 0.173. The number of methoxy groups -OCH3 is 1. The molecule has 0 spiro atoms. The summed E-state index contributed by atoms with van der Waals surface area (Å²) in [6, 6.07) is 11.7. The number of rotatable bonds is 6. The van der Waals surface area contributed by atoms with Crippen LogP contribution in [0.5, 0.6) is 5.75 Å². The average molecular weight is 410 g/mol. The van der Waals surface area contributed by atoms with E-state index >= 15 is 0 Å². The Kier molecular flexibility index (Phi) is 5.80. The van der Waals surface area contributed by atoms with E-state index in [0.29, 0.717) is 17.0 Å². The minimum atomic E-state index is -3.33. The first-order chi connectivity index (χ1) is 11.3. The van der Waals surface area contributed by atoms with Gasteiger partial charge in [0.1, 0.15) is 5.75 Å². The van der Waals surface area contributed by atoms with Crippen LogP contribution in [0.2, 0.25) is 0 Å². The Bertz CT molecular complexity index is 874. The van der Waals surface area contributed by atoms with E-state index in [1.54, 1.807) is 43.5 Å². The highest BCUT2D eigenvalue weighted by Gasteiger charge is 2.05. The first-order valence-corrected chi connectivity index (χ1v) is 9.61. The molecule has 0 aromatic heterocycles. The third-order valence-electron chi connectivity index (χ3n) is 3.08. The zero-order valence-corrected chi connectivity index (χ0v) is 15.5. The van der Waals surface area contributed by atoms with Crippen LogP contribution in [-0.4, -0.2) is 27.6 Å². The summed E-state index contributed by atoms with van der Waals surface area (Å²) in [5.74, 6) is 0.542. The molecular weight excluding hydrogens is 394 g/mol. The van der Waals surface area contributed by atoms with Gasteiger partial charge in [0.15, 0.2) is 5.78 Å².